The average Bonchev–Trinajstić information content (AvgIpc) is 3.28. The highest BCUT2D eigenvalue weighted by atomic mass is 35.5. The van der Waals surface area contributed by atoms with E-state index in [1.165, 1.54) is 30.6 Å². The van der Waals surface area contributed by atoms with Crippen LogP contribution >= 0.6 is 35.2 Å². The first kappa shape index (κ1) is 18.5. The highest BCUT2D eigenvalue weighted by Gasteiger charge is 2.25. The molecule has 25 heavy (non-hydrogen) atoms. The number of anilines is 1. The van der Waals surface area contributed by atoms with Gasteiger partial charge in [0.15, 0.2) is 5.11 Å². The van der Waals surface area contributed by atoms with E-state index in [2.05, 4.69) is 27.7 Å². The summed E-state index contributed by atoms with van der Waals surface area (Å²) in [6.07, 6.45) is 4.95. The molecule has 1 saturated carbocycles. The Morgan fingerprint density at radius 1 is 1.40 bits per heavy atom. The monoisotopic (exact) mass is 394 g/mol. The van der Waals surface area contributed by atoms with Crippen molar-refractivity contribution in [2.75, 3.05) is 12.4 Å². The third kappa shape index (κ3) is 4.46. The number of hydrogen-bond acceptors (Lipinski definition) is 3. The molecular formula is C19H23ClN2OS2. The smallest absolute Gasteiger partial charge is 0.174 e. The molecule has 1 N–H and O–H groups in total. The summed E-state index contributed by atoms with van der Waals surface area (Å²) in [6.45, 7) is 2.83. The molecule has 2 aromatic rings. The largest absolute Gasteiger partial charge is 0.495 e. The molecule has 0 spiro atoms. The molecule has 0 unspecified atom stereocenters. The van der Waals surface area contributed by atoms with E-state index in [9.17, 15) is 0 Å². The predicted molar refractivity (Wildman–Crippen MR) is 111 cm³/mol. The maximum Gasteiger partial charge on any atom is 0.174 e. The van der Waals surface area contributed by atoms with Gasteiger partial charge >= 0.3 is 0 Å². The number of nitrogens with zero attached hydrogens (tertiary/aromatic N) is 1. The molecule has 1 aliphatic carbocycles. The predicted octanol–water partition coefficient (Wildman–Crippen LogP) is 5.86. The summed E-state index contributed by atoms with van der Waals surface area (Å²) in [7, 11) is 1.65. The van der Waals surface area contributed by atoms with Gasteiger partial charge in [-0.3, -0.25) is 0 Å². The van der Waals surface area contributed by atoms with E-state index in [4.69, 9.17) is 28.6 Å². The Hall–Kier alpha value is -1.30. The highest BCUT2D eigenvalue weighted by molar-refractivity contribution is 7.80. The van der Waals surface area contributed by atoms with Gasteiger partial charge in [0.2, 0.25) is 0 Å². The molecule has 3 rings (SSSR count). The van der Waals surface area contributed by atoms with Gasteiger partial charge in [-0.2, -0.15) is 0 Å². The Balaban J connectivity index is 1.81. The van der Waals surface area contributed by atoms with Gasteiger partial charge in [-0.1, -0.05) is 30.5 Å². The van der Waals surface area contributed by atoms with E-state index in [1.807, 2.05) is 19.1 Å². The van der Waals surface area contributed by atoms with Gasteiger partial charge in [0.25, 0.3) is 0 Å². The van der Waals surface area contributed by atoms with E-state index < -0.39 is 0 Å². The molecule has 134 valence electrons. The first-order chi connectivity index (χ1) is 12.1. The van der Waals surface area contributed by atoms with Gasteiger partial charge in [-0.15, -0.1) is 11.3 Å². The fourth-order valence-corrected chi connectivity index (χ4v) is 4.45. The average molecular weight is 395 g/mol. The van der Waals surface area contributed by atoms with E-state index in [0.29, 0.717) is 16.8 Å². The summed E-state index contributed by atoms with van der Waals surface area (Å²) in [6, 6.07) is 8.59. The van der Waals surface area contributed by atoms with Crippen LogP contribution in [0.4, 0.5) is 5.69 Å². The Morgan fingerprint density at radius 3 is 2.80 bits per heavy atom. The number of nitrogens with one attached hydrogen (secondary N) is 1. The third-order valence-corrected chi connectivity index (χ3v) is 6.26. The number of rotatable bonds is 5. The standard InChI is InChI=1S/C19H23ClN2OS2/c1-13-10-17(18(23-2)11-16(13)20)21-19(24)22(14-6-3-4-7-14)12-15-8-5-9-25-15/h5,8-11,14H,3-4,6-7,12H2,1-2H3,(H,21,24). The summed E-state index contributed by atoms with van der Waals surface area (Å²) in [4.78, 5) is 3.66. The van der Waals surface area contributed by atoms with Crippen LogP contribution in [0.25, 0.3) is 0 Å². The van der Waals surface area contributed by atoms with Gasteiger partial charge in [-0.25, -0.2) is 0 Å². The van der Waals surface area contributed by atoms with Crippen molar-refractivity contribution in [3.05, 3.63) is 45.1 Å². The molecule has 1 aliphatic rings. The second-order valence-corrected chi connectivity index (χ2v) is 8.20. The zero-order valence-electron chi connectivity index (χ0n) is 14.5. The topological polar surface area (TPSA) is 24.5 Å². The van der Waals surface area contributed by atoms with Crippen LogP contribution in [-0.2, 0) is 6.54 Å². The normalized spacial score (nSPS) is 14.5. The van der Waals surface area contributed by atoms with Gasteiger partial charge < -0.3 is 15.0 Å². The minimum absolute atomic E-state index is 0.501. The van der Waals surface area contributed by atoms with Crippen molar-refractivity contribution in [1.29, 1.82) is 0 Å². The lowest BCUT2D eigenvalue weighted by atomic mass is 10.2. The van der Waals surface area contributed by atoms with Crippen molar-refractivity contribution in [3.63, 3.8) is 0 Å². The minimum atomic E-state index is 0.501. The van der Waals surface area contributed by atoms with E-state index >= 15 is 0 Å². The number of hydrogen-bond donors (Lipinski definition) is 1. The molecule has 1 aromatic heterocycles. The van der Waals surface area contributed by atoms with E-state index in [1.54, 1.807) is 18.4 Å². The second-order valence-electron chi connectivity index (χ2n) is 6.38. The summed E-state index contributed by atoms with van der Waals surface area (Å²) in [5.41, 5.74) is 1.86. The van der Waals surface area contributed by atoms with Crippen molar-refractivity contribution in [2.45, 2.75) is 45.2 Å². The van der Waals surface area contributed by atoms with Crippen LogP contribution in [0.5, 0.6) is 5.75 Å². The van der Waals surface area contributed by atoms with Crippen molar-refractivity contribution in [2.24, 2.45) is 0 Å². The van der Waals surface area contributed by atoms with Crippen LogP contribution in [0.1, 0.15) is 36.1 Å². The summed E-state index contributed by atoms with van der Waals surface area (Å²) >= 11 is 13.8. The Morgan fingerprint density at radius 2 is 2.16 bits per heavy atom. The van der Waals surface area contributed by atoms with Crippen LogP contribution < -0.4 is 10.1 Å². The van der Waals surface area contributed by atoms with Gasteiger partial charge in [0.05, 0.1) is 19.3 Å². The number of methoxy groups -OCH3 is 1. The van der Waals surface area contributed by atoms with Crippen molar-refractivity contribution in [3.8, 4) is 5.75 Å². The van der Waals surface area contributed by atoms with Crippen LogP contribution in [0.2, 0.25) is 5.02 Å². The maximum atomic E-state index is 6.21. The Bertz CT molecular complexity index is 727. The molecule has 0 saturated heterocycles. The first-order valence-corrected chi connectivity index (χ1v) is 10.2. The molecule has 0 bridgehead atoms. The molecule has 1 heterocycles. The number of benzene rings is 1. The lowest BCUT2D eigenvalue weighted by Crippen LogP contribution is -2.40. The first-order valence-electron chi connectivity index (χ1n) is 8.52. The van der Waals surface area contributed by atoms with Crippen LogP contribution in [0, 0.1) is 6.92 Å². The molecule has 0 atom stereocenters. The molecule has 6 heteroatoms. The molecule has 0 amide bonds. The number of ether oxygens (including phenoxy) is 1. The lowest BCUT2D eigenvalue weighted by molar-refractivity contribution is 0.314. The SMILES string of the molecule is COc1cc(Cl)c(C)cc1NC(=S)N(Cc1cccs1)C1CCCC1. The lowest BCUT2D eigenvalue weighted by Gasteiger charge is -2.31. The van der Waals surface area contributed by atoms with Crippen LogP contribution in [-0.4, -0.2) is 23.2 Å². The zero-order chi connectivity index (χ0) is 17.8. The summed E-state index contributed by atoms with van der Waals surface area (Å²) in [5.74, 6) is 0.709. The molecular weight excluding hydrogens is 372 g/mol. The maximum absolute atomic E-state index is 6.21. The number of aryl methyl sites for hydroxylation is 1. The Labute approximate surface area is 163 Å². The molecule has 1 aromatic carbocycles. The second kappa shape index (κ2) is 8.39. The van der Waals surface area contributed by atoms with Crippen molar-refractivity contribution in [1.82, 2.24) is 4.90 Å². The van der Waals surface area contributed by atoms with E-state index in [-0.39, 0.29) is 0 Å². The molecule has 0 radical (unpaired) electrons. The van der Waals surface area contributed by atoms with Gasteiger partial charge in [0, 0.05) is 22.0 Å². The highest BCUT2D eigenvalue weighted by Crippen LogP contribution is 2.32. The van der Waals surface area contributed by atoms with Crippen LogP contribution in [0.15, 0.2) is 29.6 Å². The van der Waals surface area contributed by atoms with E-state index in [0.717, 1.165) is 22.9 Å². The number of thiocarbonyl (C=S) groups is 1. The Kier molecular flexibility index (Phi) is 6.20. The van der Waals surface area contributed by atoms with Gasteiger partial charge in [-0.05, 0) is 55.1 Å². The van der Waals surface area contributed by atoms with Crippen molar-refractivity contribution >= 4 is 46.0 Å². The molecule has 0 aliphatic heterocycles. The fraction of sp³-hybridized carbons (Fsp3) is 0.421. The fourth-order valence-electron chi connectivity index (χ4n) is 3.27. The number of thiophene rings is 1. The van der Waals surface area contributed by atoms with Crippen LogP contribution in [0.3, 0.4) is 0 Å². The summed E-state index contributed by atoms with van der Waals surface area (Å²) in [5, 5.41) is 6.96. The van der Waals surface area contributed by atoms with Crippen molar-refractivity contribution < 1.29 is 4.74 Å². The molecule has 3 nitrogen and oxygen atoms in total. The molecule has 1 fully saturated rings. The van der Waals surface area contributed by atoms with Gasteiger partial charge in [0.1, 0.15) is 5.75 Å². The minimum Gasteiger partial charge on any atom is -0.495 e. The third-order valence-electron chi connectivity index (χ3n) is 4.65. The number of halogens is 1. The quantitative estimate of drug-likeness (QED) is 0.642. The summed E-state index contributed by atoms with van der Waals surface area (Å²) < 4.78 is 5.47. The zero-order valence-corrected chi connectivity index (χ0v) is 16.9.